The maximum absolute atomic E-state index is 12.1. The Bertz CT molecular complexity index is 471. The largest absolute Gasteiger partial charge is 0.393 e. The molecule has 0 aromatic carbocycles. The van der Waals surface area contributed by atoms with Crippen molar-refractivity contribution < 1.29 is 4.79 Å². The van der Waals surface area contributed by atoms with Gasteiger partial charge in [-0.15, -0.1) is 0 Å². The van der Waals surface area contributed by atoms with Gasteiger partial charge in [0.1, 0.15) is 0 Å². The normalized spacial score (nSPS) is 12.3. The first kappa shape index (κ1) is 14.6. The lowest BCUT2D eigenvalue weighted by Gasteiger charge is -2.19. The minimum atomic E-state index is -0.458. The number of thiocarbonyl (C=S) groups is 1. The molecular formula is C13H19N3OS. The summed E-state index contributed by atoms with van der Waals surface area (Å²) in [4.78, 5) is 16.6. The molecule has 0 fully saturated rings. The number of hydrogen-bond acceptors (Lipinski definition) is 3. The van der Waals surface area contributed by atoms with Crippen LogP contribution in [0.25, 0.3) is 0 Å². The fourth-order valence-electron chi connectivity index (χ4n) is 1.79. The molecule has 1 aromatic rings. The monoisotopic (exact) mass is 265 g/mol. The van der Waals surface area contributed by atoms with Crippen LogP contribution in [0.2, 0.25) is 0 Å². The number of nitrogens with zero attached hydrogens (tertiary/aromatic N) is 1. The molecule has 98 valence electrons. The van der Waals surface area contributed by atoms with Gasteiger partial charge in [0, 0.05) is 5.69 Å². The molecule has 3 N–H and O–H groups in total. The van der Waals surface area contributed by atoms with E-state index in [9.17, 15) is 4.79 Å². The van der Waals surface area contributed by atoms with E-state index >= 15 is 0 Å². The van der Waals surface area contributed by atoms with Crippen molar-refractivity contribution in [3.8, 4) is 0 Å². The summed E-state index contributed by atoms with van der Waals surface area (Å²) in [5.41, 5.74) is 8.01. The van der Waals surface area contributed by atoms with E-state index in [1.807, 2.05) is 39.8 Å². The second kappa shape index (κ2) is 5.91. The topological polar surface area (TPSA) is 68.0 Å². The SMILES string of the molecule is Cc1ccc(NC(=O)C(C(N)=S)C(C)C)c(C)n1. The van der Waals surface area contributed by atoms with Crippen molar-refractivity contribution in [2.24, 2.45) is 17.6 Å². The van der Waals surface area contributed by atoms with Crippen LogP contribution in [0.3, 0.4) is 0 Å². The Hall–Kier alpha value is -1.49. The number of pyridine rings is 1. The predicted octanol–water partition coefficient (Wildman–Crippen LogP) is 2.20. The molecule has 0 saturated carbocycles. The van der Waals surface area contributed by atoms with Crippen molar-refractivity contribution in [1.29, 1.82) is 0 Å². The van der Waals surface area contributed by atoms with Crippen molar-refractivity contribution >= 4 is 28.8 Å². The number of nitrogens with one attached hydrogen (secondary N) is 1. The Labute approximate surface area is 113 Å². The molecule has 1 heterocycles. The average Bonchev–Trinajstić information content (AvgIpc) is 2.21. The highest BCUT2D eigenvalue weighted by Crippen LogP contribution is 2.17. The van der Waals surface area contributed by atoms with Gasteiger partial charge < -0.3 is 11.1 Å². The van der Waals surface area contributed by atoms with Gasteiger partial charge in [0.25, 0.3) is 0 Å². The Morgan fingerprint density at radius 2 is 2.00 bits per heavy atom. The summed E-state index contributed by atoms with van der Waals surface area (Å²) in [7, 11) is 0. The number of rotatable bonds is 4. The van der Waals surface area contributed by atoms with Crippen LogP contribution in [0.5, 0.6) is 0 Å². The molecular weight excluding hydrogens is 246 g/mol. The molecule has 0 bridgehead atoms. The smallest absolute Gasteiger partial charge is 0.234 e. The quantitative estimate of drug-likeness (QED) is 0.819. The summed E-state index contributed by atoms with van der Waals surface area (Å²) in [5.74, 6) is -0.562. The van der Waals surface area contributed by atoms with Crippen molar-refractivity contribution in [1.82, 2.24) is 4.98 Å². The van der Waals surface area contributed by atoms with E-state index in [-0.39, 0.29) is 16.8 Å². The molecule has 1 amide bonds. The van der Waals surface area contributed by atoms with Crippen LogP contribution in [-0.4, -0.2) is 15.9 Å². The van der Waals surface area contributed by atoms with Gasteiger partial charge in [-0.3, -0.25) is 9.78 Å². The Morgan fingerprint density at radius 3 is 2.44 bits per heavy atom. The first-order valence-corrected chi connectivity index (χ1v) is 6.28. The van der Waals surface area contributed by atoms with Gasteiger partial charge in [-0.2, -0.15) is 0 Å². The molecule has 5 heteroatoms. The van der Waals surface area contributed by atoms with Gasteiger partial charge in [-0.25, -0.2) is 0 Å². The minimum absolute atomic E-state index is 0.0706. The second-order valence-corrected chi connectivity index (χ2v) is 5.17. The second-order valence-electron chi connectivity index (χ2n) is 4.70. The summed E-state index contributed by atoms with van der Waals surface area (Å²) in [5, 5.41) is 2.83. The predicted molar refractivity (Wildman–Crippen MR) is 77.5 cm³/mol. The summed E-state index contributed by atoms with van der Waals surface area (Å²) >= 11 is 4.94. The number of carbonyl (C=O) groups is 1. The van der Waals surface area contributed by atoms with Gasteiger partial charge >= 0.3 is 0 Å². The van der Waals surface area contributed by atoms with E-state index in [2.05, 4.69) is 10.3 Å². The Morgan fingerprint density at radius 1 is 1.39 bits per heavy atom. The van der Waals surface area contributed by atoms with E-state index in [1.165, 1.54) is 0 Å². The molecule has 1 rings (SSSR count). The fourth-order valence-corrected chi connectivity index (χ4v) is 2.17. The summed E-state index contributed by atoms with van der Waals surface area (Å²) in [6, 6.07) is 3.69. The molecule has 0 spiro atoms. The third-order valence-electron chi connectivity index (χ3n) is 2.74. The highest BCUT2D eigenvalue weighted by molar-refractivity contribution is 7.80. The number of anilines is 1. The molecule has 1 aromatic heterocycles. The van der Waals surface area contributed by atoms with Crippen LogP contribution >= 0.6 is 12.2 Å². The molecule has 1 unspecified atom stereocenters. The van der Waals surface area contributed by atoms with Crippen molar-refractivity contribution in [2.75, 3.05) is 5.32 Å². The van der Waals surface area contributed by atoms with Crippen LogP contribution in [-0.2, 0) is 4.79 Å². The lowest BCUT2D eigenvalue weighted by Crippen LogP contribution is -2.36. The third kappa shape index (κ3) is 3.50. The number of aromatic nitrogens is 1. The van der Waals surface area contributed by atoms with Gasteiger partial charge in [0.2, 0.25) is 5.91 Å². The number of nitrogens with two attached hydrogens (primary N) is 1. The summed E-state index contributed by atoms with van der Waals surface area (Å²) < 4.78 is 0. The summed E-state index contributed by atoms with van der Waals surface area (Å²) in [6.45, 7) is 7.60. The van der Waals surface area contributed by atoms with Crippen LogP contribution in [0.4, 0.5) is 5.69 Å². The van der Waals surface area contributed by atoms with Gasteiger partial charge in [0.05, 0.1) is 22.3 Å². The van der Waals surface area contributed by atoms with E-state index in [4.69, 9.17) is 18.0 Å². The van der Waals surface area contributed by atoms with Crippen LogP contribution in [0, 0.1) is 25.7 Å². The third-order valence-corrected chi connectivity index (χ3v) is 2.99. The van der Waals surface area contributed by atoms with E-state index in [0.29, 0.717) is 5.69 Å². The maximum atomic E-state index is 12.1. The number of carbonyl (C=O) groups excluding carboxylic acids is 1. The van der Waals surface area contributed by atoms with E-state index in [0.717, 1.165) is 11.4 Å². The van der Waals surface area contributed by atoms with E-state index in [1.54, 1.807) is 0 Å². The fraction of sp³-hybridized carbons (Fsp3) is 0.462. The lowest BCUT2D eigenvalue weighted by molar-refractivity contribution is -0.118. The van der Waals surface area contributed by atoms with Crippen LogP contribution < -0.4 is 11.1 Å². The molecule has 0 aliphatic heterocycles. The maximum Gasteiger partial charge on any atom is 0.234 e. The molecule has 0 aliphatic rings. The number of amides is 1. The van der Waals surface area contributed by atoms with Crippen LogP contribution in [0.1, 0.15) is 25.2 Å². The first-order valence-electron chi connectivity index (χ1n) is 5.87. The standard InChI is InChI=1S/C13H19N3OS/c1-7(2)11(12(14)18)13(17)16-10-6-5-8(3)15-9(10)4/h5-7,11H,1-4H3,(H2,14,18)(H,16,17). The number of hydrogen-bond donors (Lipinski definition) is 2. The molecule has 4 nitrogen and oxygen atoms in total. The molecule has 0 saturated heterocycles. The highest BCUT2D eigenvalue weighted by atomic mass is 32.1. The van der Waals surface area contributed by atoms with Crippen molar-refractivity contribution in [3.63, 3.8) is 0 Å². The van der Waals surface area contributed by atoms with Crippen molar-refractivity contribution in [2.45, 2.75) is 27.7 Å². The molecule has 1 atom stereocenters. The zero-order valence-electron chi connectivity index (χ0n) is 11.2. The Kier molecular flexibility index (Phi) is 4.78. The molecule has 0 radical (unpaired) electrons. The number of aryl methyl sites for hydroxylation is 2. The zero-order valence-corrected chi connectivity index (χ0v) is 12.0. The zero-order chi connectivity index (χ0) is 13.9. The van der Waals surface area contributed by atoms with Crippen LogP contribution in [0.15, 0.2) is 12.1 Å². The van der Waals surface area contributed by atoms with Gasteiger partial charge in [-0.1, -0.05) is 26.1 Å². The van der Waals surface area contributed by atoms with Gasteiger partial charge in [0.15, 0.2) is 0 Å². The summed E-state index contributed by atoms with van der Waals surface area (Å²) in [6.07, 6.45) is 0. The molecule has 0 aliphatic carbocycles. The minimum Gasteiger partial charge on any atom is -0.393 e. The van der Waals surface area contributed by atoms with Gasteiger partial charge in [-0.05, 0) is 31.9 Å². The molecule has 18 heavy (non-hydrogen) atoms. The van der Waals surface area contributed by atoms with E-state index < -0.39 is 5.92 Å². The highest BCUT2D eigenvalue weighted by Gasteiger charge is 2.25. The first-order chi connectivity index (χ1) is 8.32. The Balaban J connectivity index is 2.89. The lowest BCUT2D eigenvalue weighted by atomic mass is 9.95. The van der Waals surface area contributed by atoms with Crippen molar-refractivity contribution in [3.05, 3.63) is 23.5 Å². The average molecular weight is 265 g/mol.